The van der Waals surface area contributed by atoms with Crippen molar-refractivity contribution in [1.82, 2.24) is 15.1 Å². The fraction of sp³-hybridized carbons (Fsp3) is 0.471. The van der Waals surface area contributed by atoms with Gasteiger partial charge in [0.1, 0.15) is 0 Å². The summed E-state index contributed by atoms with van der Waals surface area (Å²) in [5.41, 5.74) is 2.44. The van der Waals surface area contributed by atoms with E-state index >= 15 is 0 Å². The molecule has 2 unspecified atom stereocenters. The summed E-state index contributed by atoms with van der Waals surface area (Å²) in [5.74, 6) is 0.410. The van der Waals surface area contributed by atoms with Crippen LogP contribution in [0.15, 0.2) is 36.5 Å². The van der Waals surface area contributed by atoms with E-state index in [1.165, 1.54) is 5.56 Å². The number of halogens is 1. The lowest BCUT2D eigenvalue weighted by molar-refractivity contribution is 0.471. The second-order valence-electron chi connectivity index (χ2n) is 5.55. The van der Waals surface area contributed by atoms with Crippen LogP contribution in [0, 0.1) is 0 Å². The van der Waals surface area contributed by atoms with Gasteiger partial charge in [0.25, 0.3) is 0 Å². The van der Waals surface area contributed by atoms with Gasteiger partial charge in [0.15, 0.2) is 0 Å². The molecule has 21 heavy (non-hydrogen) atoms. The highest BCUT2D eigenvalue weighted by Crippen LogP contribution is 2.22. The number of hydrogen-bond acceptors (Lipinski definition) is 2. The summed E-state index contributed by atoms with van der Waals surface area (Å²) >= 11 is 5.98. The standard InChI is InChI=1S/C17H24ClN3/c1-4-13(2)21-10-9-17(20-21)11-15(12-19-3)14-5-7-16(18)8-6-14/h5-10,13,15,19H,4,11-12H2,1-3H3. The van der Waals surface area contributed by atoms with Crippen LogP contribution in [0.2, 0.25) is 5.02 Å². The summed E-state index contributed by atoms with van der Waals surface area (Å²) in [6, 6.07) is 10.7. The molecule has 1 aromatic carbocycles. The zero-order valence-electron chi connectivity index (χ0n) is 13.0. The van der Waals surface area contributed by atoms with Crippen molar-refractivity contribution in [3.8, 4) is 0 Å². The van der Waals surface area contributed by atoms with E-state index in [2.05, 4.69) is 48.2 Å². The molecule has 0 saturated carbocycles. The lowest BCUT2D eigenvalue weighted by Gasteiger charge is -2.16. The van der Waals surface area contributed by atoms with E-state index in [9.17, 15) is 0 Å². The lowest BCUT2D eigenvalue weighted by atomic mass is 9.94. The van der Waals surface area contributed by atoms with Gasteiger partial charge in [-0.25, -0.2) is 0 Å². The van der Waals surface area contributed by atoms with Crippen molar-refractivity contribution in [3.63, 3.8) is 0 Å². The Morgan fingerprint density at radius 1 is 1.24 bits per heavy atom. The minimum atomic E-state index is 0.410. The SMILES string of the molecule is CCC(C)n1ccc(CC(CNC)c2ccc(Cl)cc2)n1. The van der Waals surface area contributed by atoms with E-state index in [0.29, 0.717) is 12.0 Å². The van der Waals surface area contributed by atoms with Crippen molar-refractivity contribution in [2.24, 2.45) is 0 Å². The van der Waals surface area contributed by atoms with Gasteiger partial charge in [0.05, 0.1) is 5.69 Å². The number of benzene rings is 1. The van der Waals surface area contributed by atoms with Crippen LogP contribution in [0.5, 0.6) is 0 Å². The van der Waals surface area contributed by atoms with Crippen LogP contribution in [-0.4, -0.2) is 23.4 Å². The Labute approximate surface area is 132 Å². The summed E-state index contributed by atoms with van der Waals surface area (Å²) in [6.45, 7) is 5.31. The molecule has 0 saturated heterocycles. The molecular formula is C17H24ClN3. The number of aromatic nitrogens is 2. The van der Waals surface area contributed by atoms with Crippen LogP contribution in [0.4, 0.5) is 0 Å². The molecule has 1 heterocycles. The highest BCUT2D eigenvalue weighted by atomic mass is 35.5. The van der Waals surface area contributed by atoms with Gasteiger partial charge in [-0.05, 0) is 50.6 Å². The number of likely N-dealkylation sites (N-methyl/N-ethyl adjacent to an activating group) is 1. The molecule has 3 nitrogen and oxygen atoms in total. The summed E-state index contributed by atoms with van der Waals surface area (Å²) in [6.07, 6.45) is 4.12. The maximum absolute atomic E-state index is 5.98. The van der Waals surface area contributed by atoms with Gasteiger partial charge >= 0.3 is 0 Å². The van der Waals surface area contributed by atoms with Gasteiger partial charge in [-0.3, -0.25) is 4.68 Å². The molecule has 114 valence electrons. The summed E-state index contributed by atoms with van der Waals surface area (Å²) in [5, 5.41) is 8.76. The topological polar surface area (TPSA) is 29.9 Å². The molecule has 0 fully saturated rings. The number of nitrogens with one attached hydrogen (secondary N) is 1. The lowest BCUT2D eigenvalue weighted by Crippen LogP contribution is -2.19. The highest BCUT2D eigenvalue weighted by molar-refractivity contribution is 6.30. The predicted octanol–water partition coefficient (Wildman–Crippen LogP) is 4.05. The molecule has 0 bridgehead atoms. The first-order valence-corrected chi connectivity index (χ1v) is 7.96. The maximum atomic E-state index is 5.98. The Kier molecular flexibility index (Phi) is 5.83. The first kappa shape index (κ1) is 16.1. The van der Waals surface area contributed by atoms with Crippen molar-refractivity contribution in [2.75, 3.05) is 13.6 Å². The molecule has 1 aromatic heterocycles. The van der Waals surface area contributed by atoms with Crippen LogP contribution in [0.3, 0.4) is 0 Å². The van der Waals surface area contributed by atoms with Crippen molar-refractivity contribution in [2.45, 2.75) is 38.6 Å². The monoisotopic (exact) mass is 305 g/mol. The van der Waals surface area contributed by atoms with Gasteiger partial charge in [0.2, 0.25) is 0 Å². The average molecular weight is 306 g/mol. The van der Waals surface area contributed by atoms with Crippen LogP contribution >= 0.6 is 11.6 Å². The molecule has 0 spiro atoms. The second kappa shape index (κ2) is 7.62. The first-order valence-electron chi connectivity index (χ1n) is 7.58. The normalized spacial score (nSPS) is 14.1. The van der Waals surface area contributed by atoms with Crippen molar-refractivity contribution in [1.29, 1.82) is 0 Å². The fourth-order valence-corrected chi connectivity index (χ4v) is 2.59. The average Bonchev–Trinajstić information content (AvgIpc) is 2.95. The van der Waals surface area contributed by atoms with Crippen LogP contribution in [-0.2, 0) is 6.42 Å². The first-order chi connectivity index (χ1) is 10.1. The Hall–Kier alpha value is -1.32. The van der Waals surface area contributed by atoms with Gasteiger partial charge < -0.3 is 5.32 Å². The number of rotatable bonds is 7. The van der Waals surface area contributed by atoms with E-state index in [4.69, 9.17) is 16.7 Å². The van der Waals surface area contributed by atoms with Gasteiger partial charge in [-0.1, -0.05) is 30.7 Å². The quantitative estimate of drug-likeness (QED) is 0.836. The number of nitrogens with zero attached hydrogens (tertiary/aromatic N) is 2. The predicted molar refractivity (Wildman–Crippen MR) is 89.1 cm³/mol. The Morgan fingerprint density at radius 2 is 1.95 bits per heavy atom. The van der Waals surface area contributed by atoms with Crippen LogP contribution in [0.25, 0.3) is 0 Å². The molecule has 2 atom stereocenters. The Morgan fingerprint density at radius 3 is 2.57 bits per heavy atom. The van der Waals surface area contributed by atoms with Crippen molar-refractivity contribution in [3.05, 3.63) is 52.8 Å². The molecule has 2 aromatic rings. The fourth-order valence-electron chi connectivity index (χ4n) is 2.46. The third-order valence-electron chi connectivity index (χ3n) is 3.95. The molecule has 0 radical (unpaired) electrons. The van der Waals surface area contributed by atoms with E-state index in [1.807, 2.05) is 19.2 Å². The zero-order valence-corrected chi connectivity index (χ0v) is 13.8. The molecule has 2 rings (SSSR count). The highest BCUT2D eigenvalue weighted by Gasteiger charge is 2.14. The molecule has 0 aliphatic heterocycles. The smallest absolute Gasteiger partial charge is 0.0631 e. The van der Waals surface area contributed by atoms with Gasteiger partial charge in [-0.15, -0.1) is 0 Å². The summed E-state index contributed by atoms with van der Waals surface area (Å²) in [7, 11) is 1.99. The Bertz CT molecular complexity index is 547. The number of hydrogen-bond donors (Lipinski definition) is 1. The van der Waals surface area contributed by atoms with Crippen molar-refractivity contribution < 1.29 is 0 Å². The molecular weight excluding hydrogens is 282 g/mol. The van der Waals surface area contributed by atoms with Crippen LogP contribution in [0.1, 0.15) is 43.5 Å². The zero-order chi connectivity index (χ0) is 15.2. The van der Waals surface area contributed by atoms with E-state index in [0.717, 1.165) is 30.1 Å². The minimum Gasteiger partial charge on any atom is -0.319 e. The van der Waals surface area contributed by atoms with E-state index in [1.54, 1.807) is 0 Å². The second-order valence-corrected chi connectivity index (χ2v) is 5.99. The van der Waals surface area contributed by atoms with Gasteiger partial charge in [0, 0.05) is 29.7 Å². The molecule has 0 amide bonds. The van der Waals surface area contributed by atoms with E-state index < -0.39 is 0 Å². The third kappa shape index (κ3) is 4.32. The van der Waals surface area contributed by atoms with Crippen molar-refractivity contribution >= 4 is 11.6 Å². The van der Waals surface area contributed by atoms with E-state index in [-0.39, 0.29) is 0 Å². The molecule has 4 heteroatoms. The Balaban J connectivity index is 2.12. The summed E-state index contributed by atoms with van der Waals surface area (Å²) < 4.78 is 2.06. The molecule has 0 aliphatic rings. The van der Waals surface area contributed by atoms with Crippen LogP contribution < -0.4 is 5.32 Å². The summed E-state index contributed by atoms with van der Waals surface area (Å²) in [4.78, 5) is 0. The van der Waals surface area contributed by atoms with Gasteiger partial charge in [-0.2, -0.15) is 5.10 Å². The third-order valence-corrected chi connectivity index (χ3v) is 4.21. The maximum Gasteiger partial charge on any atom is 0.0631 e. The largest absolute Gasteiger partial charge is 0.319 e. The molecule has 1 N–H and O–H groups in total. The minimum absolute atomic E-state index is 0.410. The molecule has 0 aliphatic carbocycles.